The molecule has 0 aromatic carbocycles. The van der Waals surface area contributed by atoms with Gasteiger partial charge in [0.05, 0.1) is 0 Å². The van der Waals surface area contributed by atoms with Gasteiger partial charge in [0.2, 0.25) is 0 Å². The minimum absolute atomic E-state index is 0.117. The second-order valence-electron chi connectivity index (χ2n) is 4.82. The molecule has 0 saturated heterocycles. The van der Waals surface area contributed by atoms with E-state index in [0.717, 1.165) is 6.42 Å². The van der Waals surface area contributed by atoms with E-state index in [0.29, 0.717) is 6.54 Å². The highest BCUT2D eigenvalue weighted by Crippen LogP contribution is 2.30. The van der Waals surface area contributed by atoms with Crippen LogP contribution in [0.3, 0.4) is 0 Å². The molecule has 0 aliphatic rings. The van der Waals surface area contributed by atoms with Crippen LogP contribution in [0.5, 0.6) is 0 Å². The number of primary amides is 1. The van der Waals surface area contributed by atoms with Crippen LogP contribution in [0.4, 0.5) is 9.59 Å². The summed E-state index contributed by atoms with van der Waals surface area (Å²) in [7, 11) is 0. The molecule has 0 rings (SSSR count). The summed E-state index contributed by atoms with van der Waals surface area (Å²) in [5, 5.41) is 2.52. The van der Waals surface area contributed by atoms with Crippen molar-refractivity contribution in [1.29, 1.82) is 0 Å². The second kappa shape index (κ2) is 8.39. The van der Waals surface area contributed by atoms with Crippen molar-refractivity contribution in [2.75, 3.05) is 19.8 Å². The van der Waals surface area contributed by atoms with E-state index in [-0.39, 0.29) is 19.1 Å². The fourth-order valence-corrected chi connectivity index (χ4v) is 1.49. The molecule has 6 nitrogen and oxygen atoms in total. The SMILES string of the molecule is C=CCNC(=O)OCC(C)(COC(N)=O)C(C)CC. The van der Waals surface area contributed by atoms with Crippen LogP contribution in [0.15, 0.2) is 12.7 Å². The van der Waals surface area contributed by atoms with Crippen LogP contribution in [0, 0.1) is 11.3 Å². The molecular weight excluding hydrogens is 248 g/mol. The number of hydrogen-bond donors (Lipinski definition) is 2. The van der Waals surface area contributed by atoms with Crippen LogP contribution in [-0.4, -0.2) is 31.9 Å². The maximum absolute atomic E-state index is 11.4. The predicted molar refractivity (Wildman–Crippen MR) is 72.6 cm³/mol. The largest absolute Gasteiger partial charge is 0.449 e. The molecule has 2 atom stereocenters. The average Bonchev–Trinajstić information content (AvgIpc) is 2.39. The standard InChI is InChI=1S/C13H24N2O4/c1-5-7-15-12(17)19-9-13(4,10(3)6-2)8-18-11(14)16/h5,10H,1,6-9H2,2-4H3,(H2,14,16)(H,15,17). The number of alkyl carbamates (subject to hydrolysis) is 1. The molecule has 0 bridgehead atoms. The minimum Gasteiger partial charge on any atom is -0.449 e. The molecule has 2 amide bonds. The smallest absolute Gasteiger partial charge is 0.407 e. The second-order valence-corrected chi connectivity index (χ2v) is 4.82. The van der Waals surface area contributed by atoms with Crippen LogP contribution in [-0.2, 0) is 9.47 Å². The van der Waals surface area contributed by atoms with Crippen molar-refractivity contribution >= 4 is 12.2 Å². The first-order valence-electron chi connectivity index (χ1n) is 6.29. The van der Waals surface area contributed by atoms with Crippen LogP contribution < -0.4 is 11.1 Å². The van der Waals surface area contributed by atoms with Gasteiger partial charge in [-0.15, -0.1) is 6.58 Å². The van der Waals surface area contributed by atoms with E-state index in [4.69, 9.17) is 15.2 Å². The number of ether oxygens (including phenoxy) is 2. The Labute approximate surface area is 114 Å². The molecule has 2 unspecified atom stereocenters. The van der Waals surface area contributed by atoms with Crippen molar-refractivity contribution in [1.82, 2.24) is 5.32 Å². The minimum atomic E-state index is -0.828. The molecule has 3 N–H and O–H groups in total. The van der Waals surface area contributed by atoms with Gasteiger partial charge in [-0.1, -0.05) is 33.3 Å². The Morgan fingerprint density at radius 3 is 2.47 bits per heavy atom. The normalized spacial score (nSPS) is 14.9. The summed E-state index contributed by atoms with van der Waals surface area (Å²) in [6.07, 6.45) is 1.08. The summed E-state index contributed by atoms with van der Waals surface area (Å²) in [5.41, 5.74) is 4.51. The van der Waals surface area contributed by atoms with Crippen molar-refractivity contribution in [3.63, 3.8) is 0 Å². The van der Waals surface area contributed by atoms with Gasteiger partial charge in [0.15, 0.2) is 0 Å². The van der Waals surface area contributed by atoms with Crippen molar-refractivity contribution in [2.24, 2.45) is 17.1 Å². The van der Waals surface area contributed by atoms with E-state index < -0.39 is 17.6 Å². The third kappa shape index (κ3) is 6.69. The number of nitrogens with two attached hydrogens (primary N) is 1. The Hall–Kier alpha value is -1.72. The zero-order valence-corrected chi connectivity index (χ0v) is 11.9. The number of carbonyl (C=O) groups is 2. The van der Waals surface area contributed by atoms with Crippen LogP contribution in [0.2, 0.25) is 0 Å². The van der Waals surface area contributed by atoms with Crippen LogP contribution in [0.1, 0.15) is 27.2 Å². The maximum atomic E-state index is 11.4. The first kappa shape index (κ1) is 17.3. The Bertz CT molecular complexity index is 320. The Morgan fingerprint density at radius 1 is 1.42 bits per heavy atom. The summed E-state index contributed by atoms with van der Waals surface area (Å²) in [5.74, 6) is 0.207. The quantitative estimate of drug-likeness (QED) is 0.661. The molecule has 0 aromatic rings. The van der Waals surface area contributed by atoms with E-state index in [1.807, 2.05) is 20.8 Å². The third-order valence-corrected chi connectivity index (χ3v) is 3.27. The molecule has 0 radical (unpaired) electrons. The van der Waals surface area contributed by atoms with Gasteiger partial charge in [-0.3, -0.25) is 0 Å². The van der Waals surface area contributed by atoms with Crippen molar-refractivity contribution in [2.45, 2.75) is 27.2 Å². The number of amides is 2. The fraction of sp³-hybridized carbons (Fsp3) is 0.692. The van der Waals surface area contributed by atoms with Crippen LogP contribution >= 0.6 is 0 Å². The van der Waals surface area contributed by atoms with E-state index in [1.165, 1.54) is 0 Å². The lowest BCUT2D eigenvalue weighted by Crippen LogP contribution is -2.39. The van der Waals surface area contributed by atoms with E-state index in [1.54, 1.807) is 6.08 Å². The summed E-state index contributed by atoms with van der Waals surface area (Å²) < 4.78 is 9.99. The first-order chi connectivity index (χ1) is 8.85. The zero-order valence-electron chi connectivity index (χ0n) is 11.9. The Balaban J connectivity index is 4.45. The van der Waals surface area contributed by atoms with Crippen LogP contribution in [0.25, 0.3) is 0 Å². The molecule has 19 heavy (non-hydrogen) atoms. The molecule has 0 fully saturated rings. The van der Waals surface area contributed by atoms with Gasteiger partial charge in [0.1, 0.15) is 13.2 Å². The van der Waals surface area contributed by atoms with Crippen molar-refractivity contribution < 1.29 is 19.1 Å². The van der Waals surface area contributed by atoms with Gasteiger partial charge in [0, 0.05) is 12.0 Å². The fourth-order valence-electron chi connectivity index (χ4n) is 1.49. The Morgan fingerprint density at radius 2 is 2.00 bits per heavy atom. The van der Waals surface area contributed by atoms with Crippen molar-refractivity contribution in [3.8, 4) is 0 Å². The van der Waals surface area contributed by atoms with Gasteiger partial charge in [-0.2, -0.15) is 0 Å². The lowest BCUT2D eigenvalue weighted by atomic mass is 9.78. The summed E-state index contributed by atoms with van der Waals surface area (Å²) >= 11 is 0. The lowest BCUT2D eigenvalue weighted by molar-refractivity contribution is 0.00595. The van der Waals surface area contributed by atoms with Crippen molar-refractivity contribution in [3.05, 3.63) is 12.7 Å². The Kier molecular flexibility index (Phi) is 7.63. The number of nitrogens with one attached hydrogen (secondary N) is 1. The molecule has 0 aliphatic heterocycles. The molecule has 0 aliphatic carbocycles. The highest BCUT2D eigenvalue weighted by molar-refractivity contribution is 5.67. The summed E-state index contributed by atoms with van der Waals surface area (Å²) in [6, 6.07) is 0. The van der Waals surface area contributed by atoms with Gasteiger partial charge >= 0.3 is 12.2 Å². The predicted octanol–water partition coefficient (Wildman–Crippen LogP) is 2.05. The molecular formula is C13H24N2O4. The van der Waals surface area contributed by atoms with E-state index in [9.17, 15) is 9.59 Å². The molecule has 110 valence electrons. The van der Waals surface area contributed by atoms with E-state index >= 15 is 0 Å². The monoisotopic (exact) mass is 272 g/mol. The number of rotatable bonds is 8. The maximum Gasteiger partial charge on any atom is 0.407 e. The zero-order chi connectivity index (χ0) is 14.9. The third-order valence-electron chi connectivity index (χ3n) is 3.27. The van der Waals surface area contributed by atoms with E-state index in [2.05, 4.69) is 11.9 Å². The molecule has 0 aromatic heterocycles. The van der Waals surface area contributed by atoms with Gasteiger partial charge in [-0.05, 0) is 5.92 Å². The average molecular weight is 272 g/mol. The summed E-state index contributed by atoms with van der Waals surface area (Å²) in [4.78, 5) is 22.1. The molecule has 0 heterocycles. The first-order valence-corrected chi connectivity index (χ1v) is 6.29. The molecule has 0 spiro atoms. The number of hydrogen-bond acceptors (Lipinski definition) is 4. The van der Waals surface area contributed by atoms with Gasteiger partial charge in [-0.25, -0.2) is 9.59 Å². The summed E-state index contributed by atoms with van der Waals surface area (Å²) in [6.45, 7) is 10.0. The molecule has 0 saturated carbocycles. The molecule has 6 heteroatoms. The highest BCUT2D eigenvalue weighted by Gasteiger charge is 2.33. The highest BCUT2D eigenvalue weighted by atomic mass is 16.6. The number of carbonyl (C=O) groups excluding carboxylic acids is 2. The topological polar surface area (TPSA) is 90.7 Å². The van der Waals surface area contributed by atoms with Gasteiger partial charge < -0.3 is 20.5 Å². The lowest BCUT2D eigenvalue weighted by Gasteiger charge is -2.33. The van der Waals surface area contributed by atoms with Gasteiger partial charge in [0.25, 0.3) is 0 Å².